The van der Waals surface area contributed by atoms with Crippen molar-refractivity contribution >= 4 is 16.5 Å². The highest BCUT2D eigenvalue weighted by molar-refractivity contribution is 7.15. The lowest BCUT2D eigenvalue weighted by atomic mass is 10.4. The highest BCUT2D eigenvalue weighted by Gasteiger charge is 2.16. The van der Waals surface area contributed by atoms with E-state index < -0.39 is 0 Å². The maximum atomic E-state index is 5.62. The molecule has 1 aliphatic rings. The molecule has 0 amide bonds. The number of hydrogen-bond acceptors (Lipinski definition) is 5. The summed E-state index contributed by atoms with van der Waals surface area (Å²) in [5, 5.41) is 1.18. The Balaban J connectivity index is 1.57. The Morgan fingerprint density at radius 3 is 2.80 bits per heavy atom. The Labute approximate surface area is 124 Å². The Hall–Kier alpha value is -1.33. The largest absolute Gasteiger partial charge is 0.465 e. The molecule has 0 N–H and O–H groups in total. The molecule has 2 aromatic heterocycles. The van der Waals surface area contributed by atoms with Crippen LogP contribution in [-0.4, -0.2) is 30.0 Å². The average Bonchev–Trinajstić information content (AvgIpc) is 3.10. The van der Waals surface area contributed by atoms with Crippen molar-refractivity contribution in [2.45, 2.75) is 32.9 Å². The van der Waals surface area contributed by atoms with E-state index in [1.807, 2.05) is 36.6 Å². The van der Waals surface area contributed by atoms with E-state index in [9.17, 15) is 0 Å². The molecule has 1 saturated heterocycles. The first-order valence-electron chi connectivity index (χ1n) is 7.14. The van der Waals surface area contributed by atoms with Crippen molar-refractivity contribution in [2.24, 2.45) is 0 Å². The van der Waals surface area contributed by atoms with Crippen LogP contribution in [0.25, 0.3) is 0 Å². The monoisotopic (exact) mass is 291 g/mol. The van der Waals surface area contributed by atoms with Gasteiger partial charge in [-0.1, -0.05) is 0 Å². The molecule has 2 aromatic rings. The quantitative estimate of drug-likeness (QED) is 0.846. The SMILES string of the molecule is Cc1ccc(CN(C)Cc2cnc(N3CCCC3)s2)o1. The van der Waals surface area contributed by atoms with Crippen LogP contribution in [0.5, 0.6) is 0 Å². The third-order valence-electron chi connectivity index (χ3n) is 3.57. The van der Waals surface area contributed by atoms with Gasteiger partial charge in [0.25, 0.3) is 0 Å². The third kappa shape index (κ3) is 3.22. The smallest absolute Gasteiger partial charge is 0.185 e. The van der Waals surface area contributed by atoms with Crippen molar-refractivity contribution in [1.82, 2.24) is 9.88 Å². The minimum absolute atomic E-state index is 0.838. The van der Waals surface area contributed by atoms with Gasteiger partial charge in [0.1, 0.15) is 11.5 Å². The maximum absolute atomic E-state index is 5.62. The summed E-state index contributed by atoms with van der Waals surface area (Å²) >= 11 is 1.82. The molecule has 0 spiro atoms. The summed E-state index contributed by atoms with van der Waals surface area (Å²) < 4.78 is 5.62. The van der Waals surface area contributed by atoms with Crippen LogP contribution < -0.4 is 4.90 Å². The summed E-state index contributed by atoms with van der Waals surface area (Å²) in [4.78, 5) is 10.5. The Morgan fingerprint density at radius 2 is 2.10 bits per heavy atom. The van der Waals surface area contributed by atoms with E-state index in [1.165, 1.54) is 22.9 Å². The maximum Gasteiger partial charge on any atom is 0.185 e. The van der Waals surface area contributed by atoms with E-state index in [-0.39, 0.29) is 0 Å². The highest BCUT2D eigenvalue weighted by Crippen LogP contribution is 2.26. The Kier molecular flexibility index (Phi) is 4.08. The molecule has 0 unspecified atom stereocenters. The van der Waals surface area contributed by atoms with Gasteiger partial charge in [-0.05, 0) is 38.9 Å². The predicted molar refractivity (Wildman–Crippen MR) is 82.2 cm³/mol. The molecule has 0 bridgehead atoms. The van der Waals surface area contributed by atoms with E-state index in [1.54, 1.807) is 0 Å². The minimum Gasteiger partial charge on any atom is -0.465 e. The molecule has 5 heteroatoms. The first-order valence-corrected chi connectivity index (χ1v) is 7.96. The van der Waals surface area contributed by atoms with Gasteiger partial charge >= 0.3 is 0 Å². The zero-order valence-corrected chi connectivity index (χ0v) is 12.9. The number of aryl methyl sites for hydroxylation is 1. The second-order valence-electron chi connectivity index (χ2n) is 5.49. The van der Waals surface area contributed by atoms with E-state index >= 15 is 0 Å². The third-order valence-corrected chi connectivity index (χ3v) is 4.61. The number of rotatable bonds is 5. The molecular weight excluding hydrogens is 270 g/mol. The van der Waals surface area contributed by atoms with E-state index in [2.05, 4.69) is 21.8 Å². The molecular formula is C15H21N3OS. The van der Waals surface area contributed by atoms with Crippen molar-refractivity contribution in [3.63, 3.8) is 0 Å². The summed E-state index contributed by atoms with van der Waals surface area (Å²) in [7, 11) is 2.12. The molecule has 0 atom stereocenters. The standard InChI is InChI=1S/C15H21N3OS/c1-12-5-6-13(19-12)10-17(2)11-14-9-16-15(20-14)18-7-3-4-8-18/h5-6,9H,3-4,7-8,10-11H2,1-2H3. The summed E-state index contributed by atoms with van der Waals surface area (Å²) in [6.07, 6.45) is 4.61. The summed E-state index contributed by atoms with van der Waals surface area (Å²) in [6.45, 7) is 6.06. The lowest BCUT2D eigenvalue weighted by Gasteiger charge is -2.14. The molecule has 1 aliphatic heterocycles. The highest BCUT2D eigenvalue weighted by atomic mass is 32.1. The lowest BCUT2D eigenvalue weighted by molar-refractivity contribution is 0.287. The Morgan fingerprint density at radius 1 is 1.30 bits per heavy atom. The van der Waals surface area contributed by atoms with Gasteiger partial charge in [0.15, 0.2) is 5.13 Å². The first kappa shape index (κ1) is 13.6. The molecule has 0 radical (unpaired) electrons. The minimum atomic E-state index is 0.838. The number of nitrogens with zero attached hydrogens (tertiary/aromatic N) is 3. The summed E-state index contributed by atoms with van der Waals surface area (Å²) in [5.74, 6) is 2.00. The van der Waals surface area contributed by atoms with E-state index in [0.29, 0.717) is 0 Å². The fraction of sp³-hybridized carbons (Fsp3) is 0.533. The second-order valence-corrected chi connectivity index (χ2v) is 6.58. The summed E-state index contributed by atoms with van der Waals surface area (Å²) in [5.41, 5.74) is 0. The van der Waals surface area contributed by atoms with Crippen LogP contribution >= 0.6 is 11.3 Å². The zero-order valence-electron chi connectivity index (χ0n) is 12.1. The van der Waals surface area contributed by atoms with Gasteiger partial charge in [0.2, 0.25) is 0 Å². The van der Waals surface area contributed by atoms with Gasteiger partial charge in [0, 0.05) is 30.7 Å². The number of aromatic nitrogens is 1. The molecule has 108 valence electrons. The molecule has 0 aromatic carbocycles. The second kappa shape index (κ2) is 5.97. The number of hydrogen-bond donors (Lipinski definition) is 0. The number of anilines is 1. The summed E-state index contributed by atoms with van der Waals surface area (Å²) in [6, 6.07) is 4.06. The van der Waals surface area contributed by atoms with E-state index in [0.717, 1.165) is 37.7 Å². The van der Waals surface area contributed by atoms with Gasteiger partial charge < -0.3 is 9.32 Å². The van der Waals surface area contributed by atoms with Gasteiger partial charge in [-0.15, -0.1) is 11.3 Å². The van der Waals surface area contributed by atoms with Gasteiger partial charge in [-0.2, -0.15) is 0 Å². The van der Waals surface area contributed by atoms with E-state index in [4.69, 9.17) is 4.42 Å². The Bertz CT molecular complexity index is 557. The molecule has 0 aliphatic carbocycles. The molecule has 1 fully saturated rings. The van der Waals surface area contributed by atoms with Crippen molar-refractivity contribution < 1.29 is 4.42 Å². The molecule has 4 nitrogen and oxygen atoms in total. The zero-order chi connectivity index (χ0) is 13.9. The van der Waals surface area contributed by atoms with Crippen LogP contribution in [0.2, 0.25) is 0 Å². The first-order chi connectivity index (χ1) is 9.70. The molecule has 3 rings (SSSR count). The molecule has 0 saturated carbocycles. The fourth-order valence-electron chi connectivity index (χ4n) is 2.58. The lowest BCUT2D eigenvalue weighted by Crippen LogP contribution is -2.17. The van der Waals surface area contributed by atoms with Gasteiger partial charge in [-0.25, -0.2) is 4.98 Å². The topological polar surface area (TPSA) is 32.5 Å². The van der Waals surface area contributed by atoms with Crippen molar-refractivity contribution in [3.05, 3.63) is 34.7 Å². The van der Waals surface area contributed by atoms with Crippen molar-refractivity contribution in [3.8, 4) is 0 Å². The van der Waals surface area contributed by atoms with Crippen molar-refractivity contribution in [2.75, 3.05) is 25.0 Å². The van der Waals surface area contributed by atoms with Crippen LogP contribution in [-0.2, 0) is 13.1 Å². The van der Waals surface area contributed by atoms with Crippen LogP contribution in [0.15, 0.2) is 22.7 Å². The average molecular weight is 291 g/mol. The van der Waals surface area contributed by atoms with Crippen LogP contribution in [0, 0.1) is 6.92 Å². The van der Waals surface area contributed by atoms with Crippen molar-refractivity contribution in [1.29, 1.82) is 0 Å². The van der Waals surface area contributed by atoms with Crippen LogP contribution in [0.1, 0.15) is 29.2 Å². The molecule has 20 heavy (non-hydrogen) atoms. The van der Waals surface area contributed by atoms with Crippen LogP contribution in [0.4, 0.5) is 5.13 Å². The molecule has 3 heterocycles. The van der Waals surface area contributed by atoms with Gasteiger partial charge in [0.05, 0.1) is 6.54 Å². The van der Waals surface area contributed by atoms with Gasteiger partial charge in [-0.3, -0.25) is 4.90 Å². The normalized spacial score (nSPS) is 15.4. The number of thiazole rings is 1. The van der Waals surface area contributed by atoms with Crippen LogP contribution in [0.3, 0.4) is 0 Å². The predicted octanol–water partition coefficient (Wildman–Crippen LogP) is 3.28. The number of furan rings is 1. The fourth-order valence-corrected chi connectivity index (χ4v) is 3.62.